The Hall–Kier alpha value is -1.06. The van der Waals surface area contributed by atoms with E-state index >= 15 is 0 Å². The second-order valence-corrected chi connectivity index (χ2v) is 5.64. The quantitative estimate of drug-likeness (QED) is 0.725. The lowest BCUT2D eigenvalue weighted by molar-refractivity contribution is -0.130. The number of Topliss-reactive ketones (excluding diaryl/α,β-unsaturated/α-hetero) is 1. The Morgan fingerprint density at radius 2 is 1.75 bits per heavy atom. The third-order valence-corrected chi connectivity index (χ3v) is 2.50. The number of ether oxygens (including phenoxy) is 1. The zero-order valence-corrected chi connectivity index (χ0v) is 10.7. The lowest BCUT2D eigenvalue weighted by Crippen LogP contribution is -2.55. The van der Waals surface area contributed by atoms with Crippen molar-refractivity contribution in [1.29, 1.82) is 0 Å². The van der Waals surface area contributed by atoms with Crippen molar-refractivity contribution in [1.82, 2.24) is 4.90 Å². The molecule has 1 rings (SSSR count). The van der Waals surface area contributed by atoms with Crippen LogP contribution in [-0.4, -0.2) is 35.5 Å². The molecule has 0 N–H and O–H groups in total. The van der Waals surface area contributed by atoms with Gasteiger partial charge in [0.15, 0.2) is 0 Å². The Morgan fingerprint density at radius 3 is 2.12 bits per heavy atom. The van der Waals surface area contributed by atoms with Gasteiger partial charge >= 0.3 is 6.09 Å². The number of rotatable bonds is 2. The summed E-state index contributed by atoms with van der Waals surface area (Å²) in [6.45, 7) is 10.3. The summed E-state index contributed by atoms with van der Waals surface area (Å²) in [4.78, 5) is 24.8. The summed E-state index contributed by atoms with van der Waals surface area (Å²) in [6.07, 6.45) is -0.319. The largest absolute Gasteiger partial charge is 0.444 e. The van der Waals surface area contributed by atoms with E-state index in [1.807, 2.05) is 34.6 Å². The molecule has 0 saturated carbocycles. The number of carbonyl (C=O) groups excluding carboxylic acids is 2. The molecule has 0 radical (unpaired) electrons. The van der Waals surface area contributed by atoms with Gasteiger partial charge in [0, 0.05) is 19.0 Å². The van der Waals surface area contributed by atoms with Gasteiger partial charge in [0.2, 0.25) is 0 Å². The number of nitrogens with zero attached hydrogens (tertiary/aromatic N) is 1. The van der Waals surface area contributed by atoms with Gasteiger partial charge < -0.3 is 9.64 Å². The number of amides is 1. The highest BCUT2D eigenvalue weighted by atomic mass is 16.6. The van der Waals surface area contributed by atoms with Gasteiger partial charge in [-0.1, -0.05) is 13.8 Å². The van der Waals surface area contributed by atoms with Crippen LogP contribution < -0.4 is 0 Å². The predicted octanol–water partition coefficient (Wildman–Crippen LogP) is 2.08. The molecule has 0 bridgehead atoms. The molecule has 0 aliphatic carbocycles. The highest BCUT2D eigenvalue weighted by Crippen LogP contribution is 2.22. The Morgan fingerprint density at radius 1 is 1.25 bits per heavy atom. The first kappa shape index (κ1) is 13.0. The van der Waals surface area contributed by atoms with E-state index < -0.39 is 5.60 Å². The van der Waals surface area contributed by atoms with Crippen molar-refractivity contribution >= 4 is 11.9 Å². The molecular formula is C12H21NO3. The van der Waals surface area contributed by atoms with Crippen LogP contribution in [0.3, 0.4) is 0 Å². The molecule has 1 aliphatic heterocycles. The van der Waals surface area contributed by atoms with Crippen LogP contribution in [0.1, 0.15) is 34.6 Å². The fraction of sp³-hybridized carbons (Fsp3) is 0.833. The Bertz CT molecular complexity index is 285. The van der Waals surface area contributed by atoms with Crippen LogP contribution in [-0.2, 0) is 9.53 Å². The number of likely N-dealkylation sites (tertiary alicyclic amines) is 1. The summed E-state index contributed by atoms with van der Waals surface area (Å²) in [5.41, 5.74) is -0.468. The molecule has 16 heavy (non-hydrogen) atoms. The van der Waals surface area contributed by atoms with Crippen LogP contribution in [0.5, 0.6) is 0 Å². The van der Waals surface area contributed by atoms with E-state index in [2.05, 4.69) is 0 Å². The monoisotopic (exact) mass is 227 g/mol. The zero-order valence-electron chi connectivity index (χ0n) is 10.7. The molecule has 0 aromatic heterocycles. The Labute approximate surface area is 96.9 Å². The van der Waals surface area contributed by atoms with Gasteiger partial charge in [-0.3, -0.25) is 4.79 Å². The van der Waals surface area contributed by atoms with Crippen LogP contribution in [0.15, 0.2) is 0 Å². The maximum atomic E-state index is 11.6. The Kier molecular flexibility index (Phi) is 3.61. The van der Waals surface area contributed by atoms with Crippen molar-refractivity contribution in [2.24, 2.45) is 11.8 Å². The average Bonchev–Trinajstić information content (AvgIpc) is 1.96. The van der Waals surface area contributed by atoms with E-state index in [9.17, 15) is 9.59 Å². The molecule has 0 atom stereocenters. The molecule has 1 saturated heterocycles. The minimum Gasteiger partial charge on any atom is -0.444 e. The number of carbonyl (C=O) groups is 2. The Balaban J connectivity index is 2.36. The minimum absolute atomic E-state index is 0.00696. The summed E-state index contributed by atoms with van der Waals surface area (Å²) >= 11 is 0. The summed E-state index contributed by atoms with van der Waals surface area (Å²) < 4.78 is 5.21. The summed E-state index contributed by atoms with van der Waals surface area (Å²) in [7, 11) is 0. The van der Waals surface area contributed by atoms with E-state index in [-0.39, 0.29) is 23.7 Å². The summed E-state index contributed by atoms with van der Waals surface area (Å²) in [5.74, 6) is 0.290. The zero-order chi connectivity index (χ0) is 12.5. The fourth-order valence-corrected chi connectivity index (χ4v) is 1.61. The highest BCUT2D eigenvalue weighted by molar-refractivity contribution is 5.85. The van der Waals surface area contributed by atoms with Crippen molar-refractivity contribution < 1.29 is 14.3 Å². The van der Waals surface area contributed by atoms with Crippen molar-refractivity contribution in [3.8, 4) is 0 Å². The maximum Gasteiger partial charge on any atom is 0.410 e. The lowest BCUT2D eigenvalue weighted by atomic mass is 9.89. The van der Waals surface area contributed by atoms with Crippen LogP contribution >= 0.6 is 0 Å². The third kappa shape index (κ3) is 3.22. The lowest BCUT2D eigenvalue weighted by Gasteiger charge is -2.39. The van der Waals surface area contributed by atoms with Gasteiger partial charge in [0.25, 0.3) is 0 Å². The van der Waals surface area contributed by atoms with E-state index in [0.717, 1.165) is 0 Å². The molecule has 1 amide bonds. The fourth-order valence-electron chi connectivity index (χ4n) is 1.61. The van der Waals surface area contributed by atoms with Crippen LogP contribution in [0.25, 0.3) is 0 Å². The molecule has 4 heteroatoms. The second-order valence-electron chi connectivity index (χ2n) is 5.64. The molecule has 4 nitrogen and oxygen atoms in total. The standard InChI is InChI=1S/C12H21NO3/c1-8(2)10(14)9-6-13(7-9)11(15)16-12(3,4)5/h8-9H,6-7H2,1-5H3. The number of hydrogen-bond donors (Lipinski definition) is 0. The van der Waals surface area contributed by atoms with E-state index in [0.29, 0.717) is 13.1 Å². The topological polar surface area (TPSA) is 46.6 Å². The van der Waals surface area contributed by atoms with Gasteiger partial charge in [-0.2, -0.15) is 0 Å². The summed E-state index contributed by atoms with van der Waals surface area (Å²) in [6, 6.07) is 0. The van der Waals surface area contributed by atoms with Gasteiger partial charge in [-0.15, -0.1) is 0 Å². The van der Waals surface area contributed by atoms with Crippen LogP contribution in [0, 0.1) is 11.8 Å². The van der Waals surface area contributed by atoms with Crippen molar-refractivity contribution in [3.63, 3.8) is 0 Å². The van der Waals surface area contributed by atoms with Crippen molar-refractivity contribution in [2.45, 2.75) is 40.2 Å². The number of ketones is 1. The molecule has 1 heterocycles. The first-order valence-corrected chi connectivity index (χ1v) is 5.72. The minimum atomic E-state index is -0.468. The third-order valence-electron chi connectivity index (χ3n) is 2.50. The smallest absolute Gasteiger partial charge is 0.410 e. The molecule has 1 aliphatic rings. The van der Waals surface area contributed by atoms with Crippen LogP contribution in [0.4, 0.5) is 4.79 Å². The molecular weight excluding hydrogens is 206 g/mol. The number of hydrogen-bond acceptors (Lipinski definition) is 3. The van der Waals surface area contributed by atoms with Crippen LogP contribution in [0.2, 0.25) is 0 Å². The van der Waals surface area contributed by atoms with Crippen molar-refractivity contribution in [3.05, 3.63) is 0 Å². The average molecular weight is 227 g/mol. The predicted molar refractivity (Wildman–Crippen MR) is 61.1 cm³/mol. The first-order chi connectivity index (χ1) is 7.20. The van der Waals surface area contributed by atoms with Gasteiger partial charge in [0.1, 0.15) is 11.4 Å². The van der Waals surface area contributed by atoms with Gasteiger partial charge in [0.05, 0.1) is 5.92 Å². The van der Waals surface area contributed by atoms with E-state index in [1.54, 1.807) is 4.90 Å². The van der Waals surface area contributed by atoms with Crippen molar-refractivity contribution in [2.75, 3.05) is 13.1 Å². The first-order valence-electron chi connectivity index (χ1n) is 5.72. The van der Waals surface area contributed by atoms with E-state index in [4.69, 9.17) is 4.74 Å². The molecule has 0 spiro atoms. The SMILES string of the molecule is CC(C)C(=O)C1CN(C(=O)OC(C)(C)C)C1. The maximum absolute atomic E-state index is 11.6. The van der Waals surface area contributed by atoms with Gasteiger partial charge in [-0.25, -0.2) is 4.79 Å². The second kappa shape index (κ2) is 4.44. The molecule has 92 valence electrons. The highest BCUT2D eigenvalue weighted by Gasteiger charge is 2.38. The molecule has 0 unspecified atom stereocenters. The normalized spacial score (nSPS) is 17.2. The molecule has 0 aromatic rings. The van der Waals surface area contributed by atoms with E-state index in [1.165, 1.54) is 0 Å². The van der Waals surface area contributed by atoms with Gasteiger partial charge in [-0.05, 0) is 20.8 Å². The molecule has 0 aromatic carbocycles. The summed E-state index contributed by atoms with van der Waals surface area (Å²) in [5, 5.41) is 0. The molecule has 1 fully saturated rings.